The molecule has 1 aliphatic heterocycles. The average molecular weight is 268 g/mol. The lowest BCUT2D eigenvalue weighted by atomic mass is 10.0. The van der Waals surface area contributed by atoms with E-state index in [1.807, 2.05) is 12.1 Å². The van der Waals surface area contributed by atoms with Gasteiger partial charge in [-0.1, -0.05) is 11.6 Å². The number of hydrogen-bond acceptors (Lipinski definition) is 3. The van der Waals surface area contributed by atoms with Crippen LogP contribution < -0.4 is 5.32 Å². The van der Waals surface area contributed by atoms with Crippen molar-refractivity contribution in [3.63, 3.8) is 0 Å². The highest BCUT2D eigenvalue weighted by Crippen LogP contribution is 2.15. The van der Waals surface area contributed by atoms with Crippen LogP contribution in [0.1, 0.15) is 25.3 Å². The molecular weight excluding hydrogens is 250 g/mol. The van der Waals surface area contributed by atoms with Crippen LogP contribution in [0.4, 0.5) is 0 Å². The van der Waals surface area contributed by atoms with Crippen molar-refractivity contribution in [3.05, 3.63) is 29.0 Å². The van der Waals surface area contributed by atoms with Gasteiger partial charge in [0.1, 0.15) is 5.15 Å². The zero-order chi connectivity index (χ0) is 13.0. The molecule has 1 amide bonds. The molecule has 18 heavy (non-hydrogen) atoms. The van der Waals surface area contributed by atoms with Gasteiger partial charge in [0.05, 0.1) is 0 Å². The summed E-state index contributed by atoms with van der Waals surface area (Å²) < 4.78 is 0. The van der Waals surface area contributed by atoms with Crippen LogP contribution in [-0.2, 0) is 11.3 Å². The molecule has 2 rings (SSSR count). The van der Waals surface area contributed by atoms with E-state index in [4.69, 9.17) is 11.6 Å². The van der Waals surface area contributed by atoms with Gasteiger partial charge >= 0.3 is 0 Å². The second kappa shape index (κ2) is 6.16. The standard InChI is InChI=1S/C13H18ClN3O/c1-10(18)16-12-3-6-17(7-4-12)9-11-2-5-15-13(14)8-11/h2,5,8,12H,3-4,6-7,9H2,1H3,(H,16,18). The zero-order valence-corrected chi connectivity index (χ0v) is 11.3. The Morgan fingerprint density at radius 1 is 1.56 bits per heavy atom. The largest absolute Gasteiger partial charge is 0.354 e. The van der Waals surface area contributed by atoms with Crippen LogP contribution in [-0.4, -0.2) is 34.9 Å². The molecule has 0 spiro atoms. The first-order valence-corrected chi connectivity index (χ1v) is 6.61. The van der Waals surface area contributed by atoms with Crippen molar-refractivity contribution in [2.75, 3.05) is 13.1 Å². The Labute approximate surface area is 112 Å². The van der Waals surface area contributed by atoms with Crippen molar-refractivity contribution in [1.29, 1.82) is 0 Å². The van der Waals surface area contributed by atoms with E-state index in [9.17, 15) is 4.79 Å². The lowest BCUT2D eigenvalue weighted by molar-refractivity contribution is -0.119. The number of likely N-dealkylation sites (tertiary alicyclic amines) is 1. The third-order valence-corrected chi connectivity index (χ3v) is 3.40. The lowest BCUT2D eigenvalue weighted by Gasteiger charge is -2.32. The monoisotopic (exact) mass is 267 g/mol. The third kappa shape index (κ3) is 3.96. The Morgan fingerprint density at radius 2 is 2.28 bits per heavy atom. The molecule has 0 unspecified atom stereocenters. The number of hydrogen-bond donors (Lipinski definition) is 1. The Kier molecular flexibility index (Phi) is 4.55. The summed E-state index contributed by atoms with van der Waals surface area (Å²) in [6.07, 6.45) is 3.76. The van der Waals surface area contributed by atoms with Gasteiger partial charge in [0, 0.05) is 38.8 Å². The molecule has 0 saturated carbocycles. The average Bonchev–Trinajstić information content (AvgIpc) is 2.31. The van der Waals surface area contributed by atoms with Gasteiger partial charge in [0.25, 0.3) is 0 Å². The highest BCUT2D eigenvalue weighted by atomic mass is 35.5. The molecule has 1 saturated heterocycles. The van der Waals surface area contributed by atoms with E-state index in [0.717, 1.165) is 32.5 Å². The minimum atomic E-state index is 0.0642. The van der Waals surface area contributed by atoms with Gasteiger partial charge < -0.3 is 5.32 Å². The second-order valence-corrected chi connectivity index (χ2v) is 5.13. The molecule has 1 aromatic heterocycles. The summed E-state index contributed by atoms with van der Waals surface area (Å²) >= 11 is 5.87. The number of rotatable bonds is 3. The first-order chi connectivity index (χ1) is 8.63. The van der Waals surface area contributed by atoms with Crippen LogP contribution in [0.5, 0.6) is 0 Å². The summed E-state index contributed by atoms with van der Waals surface area (Å²) in [5.41, 5.74) is 1.19. The van der Waals surface area contributed by atoms with Gasteiger partial charge in [-0.25, -0.2) is 4.98 Å². The Bertz CT molecular complexity index is 416. The molecular formula is C13H18ClN3O. The zero-order valence-electron chi connectivity index (χ0n) is 10.5. The number of pyridine rings is 1. The molecule has 2 heterocycles. The number of piperidine rings is 1. The molecule has 1 aliphatic rings. The van der Waals surface area contributed by atoms with Crippen molar-refractivity contribution < 1.29 is 4.79 Å². The molecule has 5 heteroatoms. The Balaban J connectivity index is 1.81. The number of halogens is 1. The van der Waals surface area contributed by atoms with Crippen LogP contribution in [0.15, 0.2) is 18.3 Å². The molecule has 0 radical (unpaired) electrons. The number of nitrogens with one attached hydrogen (secondary N) is 1. The van der Waals surface area contributed by atoms with E-state index in [0.29, 0.717) is 11.2 Å². The van der Waals surface area contributed by atoms with Crippen molar-refractivity contribution in [1.82, 2.24) is 15.2 Å². The van der Waals surface area contributed by atoms with Gasteiger partial charge in [-0.2, -0.15) is 0 Å². The van der Waals surface area contributed by atoms with Crippen molar-refractivity contribution in [3.8, 4) is 0 Å². The number of aromatic nitrogens is 1. The quantitative estimate of drug-likeness (QED) is 0.850. The summed E-state index contributed by atoms with van der Waals surface area (Å²) in [5, 5.41) is 3.52. The van der Waals surface area contributed by atoms with Crippen LogP contribution in [0.25, 0.3) is 0 Å². The summed E-state index contributed by atoms with van der Waals surface area (Å²) in [6, 6.07) is 4.23. The Hall–Kier alpha value is -1.13. The molecule has 0 aliphatic carbocycles. The van der Waals surface area contributed by atoms with Crippen molar-refractivity contribution >= 4 is 17.5 Å². The number of amides is 1. The fourth-order valence-corrected chi connectivity index (χ4v) is 2.52. The summed E-state index contributed by atoms with van der Waals surface area (Å²) in [4.78, 5) is 17.3. The van der Waals surface area contributed by atoms with Gasteiger partial charge in [0.15, 0.2) is 0 Å². The van der Waals surface area contributed by atoms with Crippen LogP contribution in [0.2, 0.25) is 5.15 Å². The van der Waals surface area contributed by atoms with Crippen molar-refractivity contribution in [2.24, 2.45) is 0 Å². The van der Waals surface area contributed by atoms with Crippen LogP contribution in [0.3, 0.4) is 0 Å². The fourth-order valence-electron chi connectivity index (χ4n) is 2.32. The van der Waals surface area contributed by atoms with E-state index in [-0.39, 0.29) is 5.91 Å². The molecule has 0 bridgehead atoms. The predicted molar refractivity (Wildman–Crippen MR) is 71.4 cm³/mol. The first kappa shape index (κ1) is 13.3. The lowest BCUT2D eigenvalue weighted by Crippen LogP contribution is -2.43. The minimum absolute atomic E-state index is 0.0642. The second-order valence-electron chi connectivity index (χ2n) is 4.74. The SMILES string of the molecule is CC(=O)NC1CCN(Cc2ccnc(Cl)c2)CC1. The number of carbonyl (C=O) groups is 1. The topological polar surface area (TPSA) is 45.2 Å². The highest BCUT2D eigenvalue weighted by Gasteiger charge is 2.19. The van der Waals surface area contributed by atoms with Gasteiger partial charge in [-0.3, -0.25) is 9.69 Å². The molecule has 1 aromatic rings. The summed E-state index contributed by atoms with van der Waals surface area (Å²) in [7, 11) is 0. The molecule has 0 atom stereocenters. The smallest absolute Gasteiger partial charge is 0.217 e. The molecule has 0 aromatic carbocycles. The van der Waals surface area contributed by atoms with Gasteiger partial charge in [-0.05, 0) is 30.5 Å². The predicted octanol–water partition coefficient (Wildman–Crippen LogP) is 1.84. The fraction of sp³-hybridized carbons (Fsp3) is 0.538. The van der Waals surface area contributed by atoms with E-state index in [1.165, 1.54) is 5.56 Å². The molecule has 98 valence electrons. The maximum absolute atomic E-state index is 11.0. The number of nitrogens with zero attached hydrogens (tertiary/aromatic N) is 2. The third-order valence-electron chi connectivity index (χ3n) is 3.19. The first-order valence-electron chi connectivity index (χ1n) is 6.23. The number of carbonyl (C=O) groups excluding carboxylic acids is 1. The molecule has 1 N–H and O–H groups in total. The van der Waals surface area contributed by atoms with E-state index in [2.05, 4.69) is 15.2 Å². The van der Waals surface area contributed by atoms with E-state index < -0.39 is 0 Å². The maximum atomic E-state index is 11.0. The minimum Gasteiger partial charge on any atom is -0.354 e. The van der Waals surface area contributed by atoms with Crippen LogP contribution >= 0.6 is 11.6 Å². The van der Waals surface area contributed by atoms with E-state index >= 15 is 0 Å². The normalized spacial score (nSPS) is 17.7. The van der Waals surface area contributed by atoms with Gasteiger partial charge in [0.2, 0.25) is 5.91 Å². The van der Waals surface area contributed by atoms with Crippen molar-refractivity contribution in [2.45, 2.75) is 32.4 Å². The maximum Gasteiger partial charge on any atom is 0.217 e. The Morgan fingerprint density at radius 3 is 2.89 bits per heavy atom. The van der Waals surface area contributed by atoms with E-state index in [1.54, 1.807) is 13.1 Å². The molecule has 4 nitrogen and oxygen atoms in total. The van der Waals surface area contributed by atoms with Crippen LogP contribution in [0, 0.1) is 0 Å². The summed E-state index contributed by atoms with van der Waals surface area (Å²) in [6.45, 7) is 4.48. The van der Waals surface area contributed by atoms with Gasteiger partial charge in [-0.15, -0.1) is 0 Å². The molecule has 1 fully saturated rings. The highest BCUT2D eigenvalue weighted by molar-refractivity contribution is 6.29. The summed E-state index contributed by atoms with van der Waals surface area (Å²) in [5.74, 6) is 0.0642.